The number of rotatable bonds is 11. The molecule has 5 aliphatic rings. The summed E-state index contributed by atoms with van der Waals surface area (Å²) in [5.41, 5.74) is -1.34. The molecule has 2 heterocycles. The van der Waals surface area contributed by atoms with Gasteiger partial charge >= 0.3 is 12.1 Å². The number of ether oxygens (including phenoxy) is 3. The zero-order valence-corrected chi connectivity index (χ0v) is 28.5. The van der Waals surface area contributed by atoms with Gasteiger partial charge in [0.05, 0.1) is 18.1 Å². The summed E-state index contributed by atoms with van der Waals surface area (Å²) in [7, 11) is -3.05. The lowest BCUT2D eigenvalue weighted by Crippen LogP contribution is -2.58. The molecule has 0 bridgehead atoms. The summed E-state index contributed by atoms with van der Waals surface area (Å²) in [6, 6.07) is 3.63. The van der Waals surface area contributed by atoms with Crippen molar-refractivity contribution in [1.82, 2.24) is 15.5 Å². The molecule has 256 valence electrons. The van der Waals surface area contributed by atoms with Crippen molar-refractivity contribution in [3.63, 3.8) is 0 Å². The van der Waals surface area contributed by atoms with E-state index >= 15 is 0 Å². The van der Waals surface area contributed by atoms with Crippen LogP contribution < -0.4 is 10.6 Å². The van der Waals surface area contributed by atoms with Crippen molar-refractivity contribution in [3.8, 4) is 0 Å². The smallest absolute Gasteiger partial charge is 0.408 e. The molecular formula is C32H40BrN3O10S. The van der Waals surface area contributed by atoms with Gasteiger partial charge in [0.2, 0.25) is 11.8 Å². The van der Waals surface area contributed by atoms with Crippen LogP contribution in [0.2, 0.25) is 0 Å². The van der Waals surface area contributed by atoms with E-state index in [-0.39, 0.29) is 42.2 Å². The number of halogens is 1. The molecule has 13 nitrogen and oxygen atoms in total. The molecule has 0 spiro atoms. The molecule has 1 aromatic carbocycles. The van der Waals surface area contributed by atoms with Gasteiger partial charge in [0.25, 0.3) is 10.1 Å². The summed E-state index contributed by atoms with van der Waals surface area (Å²) in [5, 5.41) is 5.55. The van der Waals surface area contributed by atoms with Gasteiger partial charge < -0.3 is 29.7 Å². The van der Waals surface area contributed by atoms with Crippen molar-refractivity contribution in [1.29, 1.82) is 0 Å². The first-order chi connectivity index (χ1) is 22.4. The third-order valence-corrected chi connectivity index (χ3v) is 12.1. The Kier molecular flexibility index (Phi) is 9.71. The Hall–Kier alpha value is -3.01. The highest BCUT2D eigenvalue weighted by molar-refractivity contribution is 9.10. The van der Waals surface area contributed by atoms with Gasteiger partial charge in [0, 0.05) is 36.6 Å². The number of methoxy groups -OCH3 is 1. The van der Waals surface area contributed by atoms with Crippen molar-refractivity contribution < 1.29 is 46.0 Å². The van der Waals surface area contributed by atoms with Crippen LogP contribution in [0.1, 0.15) is 44.9 Å². The van der Waals surface area contributed by atoms with Crippen LogP contribution in [0, 0.1) is 23.7 Å². The second-order valence-corrected chi connectivity index (χ2v) is 15.7. The Morgan fingerprint density at radius 2 is 1.74 bits per heavy atom. The van der Waals surface area contributed by atoms with Gasteiger partial charge in [-0.1, -0.05) is 22.0 Å². The summed E-state index contributed by atoms with van der Waals surface area (Å²) < 4.78 is 48.9. The molecule has 2 N–H and O–H groups in total. The average Bonchev–Trinajstić information content (AvgIpc) is 3.87. The third-order valence-electron chi connectivity index (χ3n) is 10.2. The van der Waals surface area contributed by atoms with E-state index in [0.29, 0.717) is 42.4 Å². The first-order valence-corrected chi connectivity index (χ1v) is 18.2. The van der Waals surface area contributed by atoms with E-state index in [1.54, 1.807) is 18.2 Å². The lowest BCUT2D eigenvalue weighted by molar-refractivity contribution is -0.148. The molecular weight excluding hydrogens is 698 g/mol. The molecule has 6 rings (SSSR count). The maximum Gasteiger partial charge on any atom is 0.408 e. The summed E-state index contributed by atoms with van der Waals surface area (Å²) in [6.07, 6.45) is 3.41. The number of carbonyl (C=O) groups excluding carboxylic acids is 4. The summed E-state index contributed by atoms with van der Waals surface area (Å²) in [6.45, 7) is 4.28. The highest BCUT2D eigenvalue weighted by Gasteiger charge is 2.62. The van der Waals surface area contributed by atoms with E-state index in [0.717, 1.165) is 19.3 Å². The Morgan fingerprint density at radius 1 is 1.06 bits per heavy atom. The molecule has 1 unspecified atom stereocenters. The number of hydrogen-bond acceptors (Lipinski definition) is 10. The fraction of sp³-hybridized carbons (Fsp3) is 0.625. The SMILES string of the molecule is C=C[C@@H]1C[C@]1(NC(=O)[C@@H]1C[C@H](OS(=O)(=O)c2ccc(Br)cc2)CN1C(=O)[C@@H](NC(=O)OC1C[C@@H]2C[C@@H]2C1)C1CCOCC1)C(=O)OC. The number of hydrogen-bond donors (Lipinski definition) is 2. The van der Waals surface area contributed by atoms with Crippen LogP contribution in [-0.2, 0) is 42.9 Å². The molecule has 3 aliphatic carbocycles. The molecule has 3 saturated carbocycles. The van der Waals surface area contributed by atoms with Gasteiger partial charge in [-0.05, 0) is 80.5 Å². The quantitative estimate of drug-likeness (QED) is 0.196. The van der Waals surface area contributed by atoms with Gasteiger partial charge in [-0.3, -0.25) is 13.8 Å². The zero-order chi connectivity index (χ0) is 33.5. The predicted molar refractivity (Wildman–Crippen MR) is 169 cm³/mol. The van der Waals surface area contributed by atoms with E-state index < -0.39 is 57.7 Å². The van der Waals surface area contributed by atoms with Crippen molar-refractivity contribution in [2.75, 3.05) is 26.9 Å². The molecule has 2 aliphatic heterocycles. The maximum atomic E-state index is 14.4. The number of fused-ring (bicyclic) bond motifs is 1. The lowest BCUT2D eigenvalue weighted by atomic mass is 9.90. The van der Waals surface area contributed by atoms with E-state index in [1.807, 2.05) is 0 Å². The Balaban J connectivity index is 1.24. The van der Waals surface area contributed by atoms with E-state index in [4.69, 9.17) is 18.4 Å². The Morgan fingerprint density at radius 3 is 2.36 bits per heavy atom. The van der Waals surface area contributed by atoms with Crippen molar-refractivity contribution >= 4 is 49.9 Å². The Labute approximate surface area is 282 Å². The fourth-order valence-corrected chi connectivity index (χ4v) is 8.70. The van der Waals surface area contributed by atoms with Crippen LogP contribution in [0.15, 0.2) is 46.3 Å². The van der Waals surface area contributed by atoms with Gasteiger partial charge in [-0.25, -0.2) is 9.59 Å². The minimum Gasteiger partial charge on any atom is -0.467 e. The normalized spacial score (nSPS) is 32.1. The minimum absolute atomic E-state index is 0.0861. The predicted octanol–water partition coefficient (Wildman–Crippen LogP) is 2.68. The first-order valence-electron chi connectivity index (χ1n) is 16.0. The molecule has 3 amide bonds. The standard InChI is InChI=1S/C32H40BrN3O10S/c1-3-21-16-32(21,30(39)43-2)35-28(37)26-15-24(46-47(41,42)25-6-4-22(33)5-7-25)17-36(26)29(38)27(18-8-10-44-11-9-18)34-31(40)45-23-13-19-12-20(19)14-23/h3-7,18-21,23-24,26-27H,1,8-17H2,2H3,(H,34,40)(H,35,37)/t19-,20+,21-,23?,24+,26+,27+,32-/m1/s1. The largest absolute Gasteiger partial charge is 0.467 e. The second kappa shape index (κ2) is 13.5. The van der Waals surface area contributed by atoms with Crippen LogP contribution in [0.4, 0.5) is 4.79 Å². The molecule has 15 heteroatoms. The number of benzene rings is 1. The molecule has 5 fully saturated rings. The highest BCUT2D eigenvalue weighted by atomic mass is 79.9. The van der Waals surface area contributed by atoms with Crippen molar-refractivity contribution in [3.05, 3.63) is 41.4 Å². The third kappa shape index (κ3) is 7.22. The topological polar surface area (TPSA) is 167 Å². The summed E-state index contributed by atoms with van der Waals surface area (Å²) >= 11 is 3.28. The van der Waals surface area contributed by atoms with Gasteiger partial charge in [0.1, 0.15) is 23.7 Å². The molecule has 0 radical (unpaired) electrons. The molecule has 0 aromatic heterocycles. The number of carbonyl (C=O) groups is 4. The van der Waals surface area contributed by atoms with Crippen molar-refractivity contribution in [2.24, 2.45) is 23.7 Å². The number of nitrogens with zero attached hydrogens (tertiary/aromatic N) is 1. The first kappa shape index (κ1) is 33.9. The fourth-order valence-electron chi connectivity index (χ4n) is 7.36. The average molecular weight is 739 g/mol. The molecule has 8 atom stereocenters. The van der Waals surface area contributed by atoms with Crippen LogP contribution >= 0.6 is 15.9 Å². The van der Waals surface area contributed by atoms with E-state index in [2.05, 4.69) is 33.1 Å². The van der Waals surface area contributed by atoms with E-state index in [1.165, 1.54) is 24.1 Å². The minimum atomic E-state index is -4.27. The lowest BCUT2D eigenvalue weighted by Gasteiger charge is -2.34. The molecule has 1 aromatic rings. The highest BCUT2D eigenvalue weighted by Crippen LogP contribution is 2.52. The number of esters is 1. The summed E-state index contributed by atoms with van der Waals surface area (Å²) in [4.78, 5) is 55.3. The van der Waals surface area contributed by atoms with Crippen molar-refractivity contribution in [2.45, 2.75) is 79.7 Å². The summed E-state index contributed by atoms with van der Waals surface area (Å²) in [5.74, 6) is -1.39. The second-order valence-electron chi connectivity index (χ2n) is 13.2. The van der Waals surface area contributed by atoms with Gasteiger partial charge in [-0.15, -0.1) is 6.58 Å². The van der Waals surface area contributed by atoms with Crippen LogP contribution in [0.25, 0.3) is 0 Å². The number of nitrogens with one attached hydrogen (secondary N) is 2. The van der Waals surface area contributed by atoms with Gasteiger partial charge in [-0.2, -0.15) is 8.42 Å². The number of alkyl carbamates (subject to hydrolysis) is 1. The number of likely N-dealkylation sites (tertiary alicyclic amines) is 1. The molecule has 2 saturated heterocycles. The maximum absolute atomic E-state index is 14.4. The van der Waals surface area contributed by atoms with Gasteiger partial charge in [0.15, 0.2) is 0 Å². The molecule has 47 heavy (non-hydrogen) atoms. The number of amides is 3. The Bertz CT molecular complexity index is 1510. The zero-order valence-electron chi connectivity index (χ0n) is 26.1. The van der Waals surface area contributed by atoms with Crippen LogP contribution in [0.3, 0.4) is 0 Å². The van der Waals surface area contributed by atoms with Crippen LogP contribution in [0.5, 0.6) is 0 Å². The monoisotopic (exact) mass is 737 g/mol. The van der Waals surface area contributed by atoms with Crippen LogP contribution in [-0.4, -0.2) is 93.9 Å². The van der Waals surface area contributed by atoms with E-state index in [9.17, 15) is 27.6 Å².